The summed E-state index contributed by atoms with van der Waals surface area (Å²) in [7, 11) is 0. The summed E-state index contributed by atoms with van der Waals surface area (Å²) in [4.78, 5) is 2.54. The summed E-state index contributed by atoms with van der Waals surface area (Å²) in [6, 6.07) is 84.1. The van der Waals surface area contributed by atoms with Crippen LogP contribution in [0, 0.1) is 0 Å². The first-order valence-electron chi connectivity index (χ1n) is 20.9. The van der Waals surface area contributed by atoms with Crippen molar-refractivity contribution in [2.24, 2.45) is 0 Å². The van der Waals surface area contributed by atoms with Gasteiger partial charge in [0.15, 0.2) is 0 Å². The Hall–Kier alpha value is -7.74. The molecule has 13 rings (SSSR count). The van der Waals surface area contributed by atoms with E-state index in [2.05, 4.69) is 229 Å². The first-order valence-corrected chi connectivity index (χ1v) is 20.9. The fourth-order valence-corrected chi connectivity index (χ4v) is 11.0. The molecule has 1 spiro atoms. The van der Waals surface area contributed by atoms with E-state index in [4.69, 9.17) is 0 Å². The van der Waals surface area contributed by atoms with Crippen LogP contribution >= 0.6 is 0 Å². The van der Waals surface area contributed by atoms with Crippen molar-refractivity contribution in [3.63, 3.8) is 0 Å². The Balaban J connectivity index is 1.20. The third-order valence-electron chi connectivity index (χ3n) is 13.4. The fourth-order valence-electron chi connectivity index (χ4n) is 11.0. The number of nitrogens with zero attached hydrogens (tertiary/aromatic N) is 1. The van der Waals surface area contributed by atoms with Gasteiger partial charge in [0.25, 0.3) is 0 Å². The third kappa shape index (κ3) is 4.52. The number of hydrogen-bond donors (Lipinski definition) is 0. The van der Waals surface area contributed by atoms with Crippen LogP contribution in [0.3, 0.4) is 0 Å². The number of hydrogen-bond acceptors (Lipinski definition) is 1. The van der Waals surface area contributed by atoms with E-state index in [0.29, 0.717) is 0 Å². The topological polar surface area (TPSA) is 3.24 Å². The van der Waals surface area contributed by atoms with Crippen LogP contribution < -0.4 is 4.90 Å². The number of rotatable bonds is 4. The van der Waals surface area contributed by atoms with Gasteiger partial charge in [-0.1, -0.05) is 194 Å². The molecule has 60 heavy (non-hydrogen) atoms. The van der Waals surface area contributed by atoms with Crippen molar-refractivity contribution in [2.45, 2.75) is 5.41 Å². The van der Waals surface area contributed by atoms with Gasteiger partial charge >= 0.3 is 0 Å². The summed E-state index contributed by atoms with van der Waals surface area (Å²) in [5.74, 6) is 0. The smallest absolute Gasteiger partial charge is 0.0726 e. The van der Waals surface area contributed by atoms with Crippen LogP contribution in [0.25, 0.3) is 76.5 Å². The Morgan fingerprint density at radius 1 is 0.283 bits per heavy atom. The predicted octanol–water partition coefficient (Wildman–Crippen LogP) is 15.8. The molecule has 0 aliphatic heterocycles. The van der Waals surface area contributed by atoms with Gasteiger partial charge < -0.3 is 4.90 Å². The van der Waals surface area contributed by atoms with E-state index >= 15 is 0 Å². The average molecular weight is 760 g/mol. The summed E-state index contributed by atoms with van der Waals surface area (Å²) < 4.78 is 0. The minimum Gasteiger partial charge on any atom is -0.309 e. The molecule has 0 heterocycles. The van der Waals surface area contributed by atoms with Crippen molar-refractivity contribution in [1.29, 1.82) is 0 Å². The fraction of sp³-hybridized carbons (Fsp3) is 0.0169. The lowest BCUT2D eigenvalue weighted by molar-refractivity contribution is 0.754. The summed E-state index contributed by atoms with van der Waals surface area (Å²) in [6.07, 6.45) is 0. The first kappa shape index (κ1) is 33.3. The van der Waals surface area contributed by atoms with E-state index in [0.717, 1.165) is 17.1 Å². The molecule has 0 aromatic heterocycles. The lowest BCUT2D eigenvalue weighted by atomic mass is 9.55. The number of anilines is 3. The molecule has 1 nitrogen and oxygen atoms in total. The van der Waals surface area contributed by atoms with E-state index in [1.54, 1.807) is 0 Å². The molecular formula is C59H37N. The molecule has 2 aliphatic rings. The summed E-state index contributed by atoms with van der Waals surface area (Å²) in [5.41, 5.74) is 15.6. The third-order valence-corrected chi connectivity index (χ3v) is 13.4. The van der Waals surface area contributed by atoms with Gasteiger partial charge in [-0.05, 0) is 118 Å². The van der Waals surface area contributed by atoms with E-state index in [1.807, 2.05) is 0 Å². The van der Waals surface area contributed by atoms with E-state index in [9.17, 15) is 0 Å². The average Bonchev–Trinajstić information content (AvgIpc) is 3.32. The normalized spacial score (nSPS) is 14.7. The molecule has 1 atom stereocenters. The predicted molar refractivity (Wildman–Crippen MR) is 253 cm³/mol. The zero-order valence-corrected chi connectivity index (χ0v) is 32.8. The maximum absolute atomic E-state index is 2.54. The molecule has 11 aromatic rings. The van der Waals surface area contributed by atoms with Gasteiger partial charge in [-0.3, -0.25) is 0 Å². The van der Waals surface area contributed by atoms with Gasteiger partial charge in [0.1, 0.15) is 0 Å². The minimum absolute atomic E-state index is 0.597. The summed E-state index contributed by atoms with van der Waals surface area (Å²) >= 11 is 0. The molecule has 2 aliphatic carbocycles. The zero-order chi connectivity index (χ0) is 39.4. The molecule has 11 aromatic carbocycles. The molecule has 0 bridgehead atoms. The van der Waals surface area contributed by atoms with E-state index in [-0.39, 0.29) is 0 Å². The Bertz CT molecular complexity index is 3530. The van der Waals surface area contributed by atoms with Crippen molar-refractivity contribution in [2.75, 3.05) is 4.90 Å². The van der Waals surface area contributed by atoms with Crippen molar-refractivity contribution < 1.29 is 0 Å². The van der Waals surface area contributed by atoms with E-state index in [1.165, 1.54) is 98.7 Å². The van der Waals surface area contributed by atoms with Gasteiger partial charge in [0.2, 0.25) is 0 Å². The van der Waals surface area contributed by atoms with Gasteiger partial charge in [-0.25, -0.2) is 0 Å². The lowest BCUT2D eigenvalue weighted by Crippen LogP contribution is -2.36. The Morgan fingerprint density at radius 3 is 1.53 bits per heavy atom. The van der Waals surface area contributed by atoms with Gasteiger partial charge in [-0.2, -0.15) is 0 Å². The molecule has 0 fully saturated rings. The largest absolute Gasteiger partial charge is 0.309 e. The van der Waals surface area contributed by atoms with Crippen molar-refractivity contribution in [3.05, 3.63) is 247 Å². The standard InChI is InChI=1S/C59H37N/c1-2-15-39(16-3-1)50-35-42-18-4-5-19-43(42)36-56(50)60(55-32-14-20-38-17-6-7-25-45(38)55)44-33-34-47-49-28-11-22-41-24-13-31-53(58(41)49)59(54(47)37-44)51-29-9-8-26-46(51)48-27-10-21-40-23-12-30-52(59)57(40)48/h1-37H. The van der Waals surface area contributed by atoms with Gasteiger partial charge in [0.05, 0.1) is 16.8 Å². The molecule has 1 heteroatoms. The van der Waals surface area contributed by atoms with Crippen molar-refractivity contribution in [1.82, 2.24) is 0 Å². The number of benzene rings is 11. The zero-order valence-electron chi connectivity index (χ0n) is 32.8. The van der Waals surface area contributed by atoms with Gasteiger partial charge in [0, 0.05) is 16.6 Å². The van der Waals surface area contributed by atoms with Crippen LogP contribution in [0.4, 0.5) is 17.1 Å². The molecule has 0 saturated carbocycles. The maximum atomic E-state index is 2.54. The van der Waals surface area contributed by atoms with Crippen molar-refractivity contribution in [3.8, 4) is 33.4 Å². The Kier molecular flexibility index (Phi) is 7.00. The highest BCUT2D eigenvalue weighted by Gasteiger charge is 2.48. The molecule has 0 N–H and O–H groups in total. The van der Waals surface area contributed by atoms with Crippen LogP contribution in [-0.4, -0.2) is 0 Å². The SMILES string of the molecule is c1ccc(-c2cc3ccccc3cc2N(c2ccc3c(c2)C2(c4ccccc4-c4cccc5cccc2c45)c2cccc4cccc-3c24)c2cccc3ccccc23)cc1. The summed E-state index contributed by atoms with van der Waals surface area (Å²) in [5, 5.41) is 10.0. The quantitative estimate of drug-likeness (QED) is 0.173. The Morgan fingerprint density at radius 2 is 0.800 bits per heavy atom. The van der Waals surface area contributed by atoms with Crippen molar-refractivity contribution >= 4 is 60.2 Å². The Labute approximate surface area is 349 Å². The van der Waals surface area contributed by atoms with Crippen LogP contribution in [0.1, 0.15) is 22.3 Å². The highest BCUT2D eigenvalue weighted by atomic mass is 15.1. The lowest BCUT2D eigenvalue weighted by Gasteiger charge is -2.46. The molecule has 0 saturated heterocycles. The monoisotopic (exact) mass is 759 g/mol. The minimum atomic E-state index is -0.597. The van der Waals surface area contributed by atoms with Gasteiger partial charge in [-0.15, -0.1) is 0 Å². The second-order valence-corrected chi connectivity index (χ2v) is 16.4. The molecule has 278 valence electrons. The van der Waals surface area contributed by atoms with E-state index < -0.39 is 5.41 Å². The molecular weight excluding hydrogens is 723 g/mol. The van der Waals surface area contributed by atoms with Crippen LogP contribution in [0.15, 0.2) is 224 Å². The second-order valence-electron chi connectivity index (χ2n) is 16.4. The van der Waals surface area contributed by atoms with Crippen LogP contribution in [0.5, 0.6) is 0 Å². The highest BCUT2D eigenvalue weighted by molar-refractivity contribution is 6.12. The molecule has 0 amide bonds. The molecule has 0 radical (unpaired) electrons. The number of fused-ring (bicyclic) bond motifs is 10. The highest BCUT2D eigenvalue weighted by Crippen LogP contribution is 2.62. The summed E-state index contributed by atoms with van der Waals surface area (Å²) in [6.45, 7) is 0. The first-order chi connectivity index (χ1) is 29.8. The second kappa shape index (κ2) is 12.6. The van der Waals surface area contributed by atoms with Crippen LogP contribution in [-0.2, 0) is 5.41 Å². The molecule has 1 unspecified atom stereocenters. The maximum Gasteiger partial charge on any atom is 0.0726 e. The van der Waals surface area contributed by atoms with Crippen LogP contribution in [0.2, 0.25) is 0 Å².